The molecular weight excluding hydrogens is 480 g/mol. The molecule has 0 bridgehead atoms. The number of rotatable bonds is 11. The van der Waals surface area contributed by atoms with Crippen LogP contribution in [0.3, 0.4) is 0 Å². The first-order valence-corrected chi connectivity index (χ1v) is 13.2. The number of ketones is 1. The summed E-state index contributed by atoms with van der Waals surface area (Å²) in [5.74, 6) is 0.266. The molecule has 36 heavy (non-hydrogen) atoms. The van der Waals surface area contributed by atoms with Crippen molar-refractivity contribution in [3.63, 3.8) is 0 Å². The van der Waals surface area contributed by atoms with Crippen LogP contribution in [-0.4, -0.2) is 79.7 Å². The van der Waals surface area contributed by atoms with E-state index in [9.17, 15) is 14.7 Å². The minimum atomic E-state index is -0.730. The van der Waals surface area contributed by atoms with E-state index in [2.05, 4.69) is 18.7 Å². The average molecular weight is 515 g/mol. The smallest absolute Gasteiger partial charge is 0.290 e. The van der Waals surface area contributed by atoms with E-state index in [-0.39, 0.29) is 11.4 Å². The third-order valence-electron chi connectivity index (χ3n) is 6.51. The molecule has 0 saturated carbocycles. The van der Waals surface area contributed by atoms with E-state index in [0.29, 0.717) is 60.8 Å². The molecule has 0 spiro atoms. The Bertz CT molecular complexity index is 1090. The minimum Gasteiger partial charge on any atom is -0.503 e. The van der Waals surface area contributed by atoms with E-state index in [1.54, 1.807) is 35.6 Å². The highest BCUT2D eigenvalue weighted by atomic mass is 32.1. The summed E-state index contributed by atoms with van der Waals surface area (Å²) in [6, 6.07) is 8.20. The zero-order valence-electron chi connectivity index (χ0n) is 21.1. The van der Waals surface area contributed by atoms with Gasteiger partial charge >= 0.3 is 0 Å². The van der Waals surface area contributed by atoms with E-state index in [4.69, 9.17) is 14.2 Å². The van der Waals surface area contributed by atoms with Gasteiger partial charge in [0.1, 0.15) is 0 Å². The average Bonchev–Trinajstić information content (AvgIpc) is 3.50. The quantitative estimate of drug-likeness (QED) is 0.452. The monoisotopic (exact) mass is 514 g/mol. The first-order chi connectivity index (χ1) is 17.4. The molecule has 2 aliphatic rings. The Morgan fingerprint density at radius 2 is 1.97 bits per heavy atom. The van der Waals surface area contributed by atoms with Gasteiger partial charge in [0.25, 0.3) is 5.91 Å². The lowest BCUT2D eigenvalue weighted by Gasteiger charge is -2.32. The second-order valence-corrected chi connectivity index (χ2v) is 10.3. The van der Waals surface area contributed by atoms with Crippen LogP contribution in [0.4, 0.5) is 0 Å². The molecule has 2 aromatic rings. The van der Waals surface area contributed by atoms with Crippen LogP contribution in [0.1, 0.15) is 41.5 Å². The van der Waals surface area contributed by atoms with E-state index in [0.717, 1.165) is 19.5 Å². The van der Waals surface area contributed by atoms with Crippen molar-refractivity contribution in [2.75, 3.05) is 53.1 Å². The first-order valence-electron chi connectivity index (χ1n) is 12.3. The van der Waals surface area contributed by atoms with Crippen molar-refractivity contribution in [2.45, 2.75) is 26.3 Å². The number of nitrogens with zero attached hydrogens (tertiary/aromatic N) is 2. The maximum absolute atomic E-state index is 13.5. The van der Waals surface area contributed by atoms with Gasteiger partial charge in [-0.1, -0.05) is 26.0 Å². The van der Waals surface area contributed by atoms with Crippen molar-refractivity contribution in [1.82, 2.24) is 9.80 Å². The molecule has 1 N–H and O–H groups in total. The molecule has 1 atom stereocenters. The van der Waals surface area contributed by atoms with Gasteiger partial charge in [-0.3, -0.25) is 14.5 Å². The molecule has 194 valence electrons. The molecule has 1 saturated heterocycles. The molecule has 8 nitrogen and oxygen atoms in total. The zero-order valence-corrected chi connectivity index (χ0v) is 21.9. The third-order valence-corrected chi connectivity index (χ3v) is 7.38. The second-order valence-electron chi connectivity index (χ2n) is 9.37. The first kappa shape index (κ1) is 26.2. The van der Waals surface area contributed by atoms with Gasteiger partial charge in [0.2, 0.25) is 5.78 Å². The molecule has 0 unspecified atom stereocenters. The molecular formula is C27H34N2O6S. The molecule has 3 heterocycles. The largest absolute Gasteiger partial charge is 0.503 e. The molecule has 2 aliphatic heterocycles. The highest BCUT2D eigenvalue weighted by Gasteiger charge is 2.44. The number of Topliss-reactive ketones (excluding diaryl/α,β-unsaturated/α-hetero) is 1. The summed E-state index contributed by atoms with van der Waals surface area (Å²) in [4.78, 5) is 31.0. The highest BCUT2D eigenvalue weighted by molar-refractivity contribution is 7.12. The topological polar surface area (TPSA) is 88.5 Å². The standard InChI is InChI=1S/C27H34N2O6S/c1-18(2)8-13-35-20-7-6-19(17-21(20)33-3)24-23(25(30)22-5-4-16-36-22)26(31)27(32)29(24)10-9-28-11-14-34-15-12-28/h4-7,16-18,24,31H,8-15H2,1-3H3/t24-/m0/s1. The number of methoxy groups -OCH3 is 1. The van der Waals surface area contributed by atoms with E-state index in [1.807, 2.05) is 12.1 Å². The summed E-state index contributed by atoms with van der Waals surface area (Å²) >= 11 is 1.29. The van der Waals surface area contributed by atoms with Crippen LogP contribution in [0.5, 0.6) is 11.5 Å². The highest BCUT2D eigenvalue weighted by Crippen LogP contribution is 2.42. The lowest BCUT2D eigenvalue weighted by Crippen LogP contribution is -2.43. The fourth-order valence-electron chi connectivity index (χ4n) is 4.46. The van der Waals surface area contributed by atoms with Gasteiger partial charge in [-0.25, -0.2) is 0 Å². The Kier molecular flexibility index (Phi) is 8.66. The summed E-state index contributed by atoms with van der Waals surface area (Å²) in [7, 11) is 1.56. The predicted molar refractivity (Wildman–Crippen MR) is 138 cm³/mol. The van der Waals surface area contributed by atoms with Crippen molar-refractivity contribution >= 4 is 23.0 Å². The fourth-order valence-corrected chi connectivity index (χ4v) is 5.13. The van der Waals surface area contributed by atoms with Gasteiger partial charge < -0.3 is 24.2 Å². The number of aliphatic hydroxyl groups excluding tert-OH is 1. The van der Waals surface area contributed by atoms with Crippen molar-refractivity contribution in [1.29, 1.82) is 0 Å². The van der Waals surface area contributed by atoms with Crippen LogP contribution in [-0.2, 0) is 9.53 Å². The van der Waals surface area contributed by atoms with Crippen molar-refractivity contribution in [3.8, 4) is 11.5 Å². The van der Waals surface area contributed by atoms with Crippen LogP contribution in [0.2, 0.25) is 0 Å². The van der Waals surface area contributed by atoms with Gasteiger partial charge in [-0.15, -0.1) is 11.3 Å². The van der Waals surface area contributed by atoms with Crippen LogP contribution < -0.4 is 9.47 Å². The molecule has 1 aromatic carbocycles. The zero-order chi connectivity index (χ0) is 25.7. The number of hydrogen-bond acceptors (Lipinski definition) is 8. The third kappa shape index (κ3) is 5.74. The van der Waals surface area contributed by atoms with Crippen molar-refractivity contribution in [2.24, 2.45) is 5.92 Å². The Labute approximate surface area is 216 Å². The van der Waals surface area contributed by atoms with Crippen LogP contribution >= 0.6 is 11.3 Å². The number of amides is 1. The number of morpholine rings is 1. The molecule has 1 aromatic heterocycles. The number of ether oxygens (including phenoxy) is 3. The summed E-state index contributed by atoms with van der Waals surface area (Å²) in [5, 5.41) is 12.7. The molecule has 0 radical (unpaired) electrons. The number of aliphatic hydroxyl groups is 1. The number of carbonyl (C=O) groups excluding carboxylic acids is 2. The maximum atomic E-state index is 13.5. The van der Waals surface area contributed by atoms with Crippen molar-refractivity contribution in [3.05, 3.63) is 57.5 Å². The lowest BCUT2D eigenvalue weighted by atomic mass is 9.95. The van der Waals surface area contributed by atoms with E-state index in [1.165, 1.54) is 11.3 Å². The summed E-state index contributed by atoms with van der Waals surface area (Å²) in [6.45, 7) is 8.68. The Balaban J connectivity index is 1.65. The number of benzene rings is 1. The number of hydrogen-bond donors (Lipinski definition) is 1. The Morgan fingerprint density at radius 3 is 2.64 bits per heavy atom. The summed E-state index contributed by atoms with van der Waals surface area (Å²) in [6.07, 6.45) is 0.910. The summed E-state index contributed by atoms with van der Waals surface area (Å²) in [5.41, 5.74) is 0.780. The SMILES string of the molecule is COc1cc([C@H]2C(C(=O)c3cccs3)=C(O)C(=O)N2CCN2CCOCC2)ccc1OCCC(C)C. The van der Waals surface area contributed by atoms with Gasteiger partial charge in [0.05, 0.1) is 43.4 Å². The van der Waals surface area contributed by atoms with Crippen LogP contribution in [0.25, 0.3) is 0 Å². The van der Waals surface area contributed by atoms with Crippen LogP contribution in [0.15, 0.2) is 47.0 Å². The maximum Gasteiger partial charge on any atom is 0.290 e. The second kappa shape index (κ2) is 11.9. The Hall–Kier alpha value is -2.88. The minimum absolute atomic E-state index is 0.0972. The van der Waals surface area contributed by atoms with E-state index >= 15 is 0 Å². The van der Waals surface area contributed by atoms with Gasteiger partial charge in [0.15, 0.2) is 17.3 Å². The molecule has 1 fully saturated rings. The van der Waals surface area contributed by atoms with Gasteiger partial charge in [0, 0.05) is 26.2 Å². The van der Waals surface area contributed by atoms with Gasteiger partial charge in [-0.2, -0.15) is 0 Å². The normalized spacial score (nSPS) is 18.8. The van der Waals surface area contributed by atoms with E-state index < -0.39 is 17.7 Å². The fraction of sp³-hybridized carbons (Fsp3) is 0.481. The molecule has 1 amide bonds. The summed E-state index contributed by atoms with van der Waals surface area (Å²) < 4.78 is 17.0. The Morgan fingerprint density at radius 1 is 1.19 bits per heavy atom. The number of thiophene rings is 1. The lowest BCUT2D eigenvalue weighted by molar-refractivity contribution is -0.129. The van der Waals surface area contributed by atoms with Crippen molar-refractivity contribution < 1.29 is 28.9 Å². The molecule has 9 heteroatoms. The van der Waals surface area contributed by atoms with Crippen LogP contribution in [0, 0.1) is 5.92 Å². The van der Waals surface area contributed by atoms with Gasteiger partial charge in [-0.05, 0) is 41.5 Å². The molecule has 4 rings (SSSR count). The molecule has 0 aliphatic carbocycles. The predicted octanol–water partition coefficient (Wildman–Crippen LogP) is 4.09. The number of carbonyl (C=O) groups is 2.